The van der Waals surface area contributed by atoms with Gasteiger partial charge in [0, 0.05) is 5.75 Å². The van der Waals surface area contributed by atoms with Crippen LogP contribution >= 0.6 is 11.8 Å². The van der Waals surface area contributed by atoms with E-state index in [0.29, 0.717) is 12.2 Å². The van der Waals surface area contributed by atoms with Crippen LogP contribution in [0.15, 0.2) is 11.4 Å². The van der Waals surface area contributed by atoms with Crippen molar-refractivity contribution in [3.8, 4) is 5.88 Å². The molecule has 1 aromatic heterocycles. The van der Waals surface area contributed by atoms with Crippen molar-refractivity contribution in [1.29, 1.82) is 0 Å². The molecule has 0 bridgehead atoms. The van der Waals surface area contributed by atoms with Crippen LogP contribution in [0.2, 0.25) is 0 Å². The van der Waals surface area contributed by atoms with Gasteiger partial charge in [-0.1, -0.05) is 11.8 Å². The molecule has 0 aromatic carbocycles. The standard InChI is InChI=1S/C12H15N3O5S/c1-19-8(16)5-12(3-4-12)6-21-11-9(15(17)18)10(20-2)13-7-14-11/h7H,3-6H2,1-2H3. The second-order valence-electron chi connectivity index (χ2n) is 4.84. The largest absolute Gasteiger partial charge is 0.476 e. The first-order valence-electron chi connectivity index (χ1n) is 6.24. The van der Waals surface area contributed by atoms with Gasteiger partial charge in [-0.25, -0.2) is 4.98 Å². The Hall–Kier alpha value is -1.90. The molecule has 0 atom stereocenters. The van der Waals surface area contributed by atoms with E-state index in [4.69, 9.17) is 4.74 Å². The molecule has 0 unspecified atom stereocenters. The average molecular weight is 313 g/mol. The third kappa shape index (κ3) is 3.60. The van der Waals surface area contributed by atoms with Crippen molar-refractivity contribution in [2.75, 3.05) is 20.0 Å². The molecule has 2 rings (SSSR count). The van der Waals surface area contributed by atoms with Crippen LogP contribution in [0, 0.1) is 15.5 Å². The second kappa shape index (κ2) is 6.25. The second-order valence-corrected chi connectivity index (χ2v) is 5.80. The topological polar surface area (TPSA) is 104 Å². The van der Waals surface area contributed by atoms with Crippen molar-refractivity contribution in [3.05, 3.63) is 16.4 Å². The van der Waals surface area contributed by atoms with Gasteiger partial charge in [0.25, 0.3) is 5.88 Å². The lowest BCUT2D eigenvalue weighted by Gasteiger charge is -2.12. The summed E-state index contributed by atoms with van der Waals surface area (Å²) in [6.45, 7) is 0. The van der Waals surface area contributed by atoms with Gasteiger partial charge in [-0.15, -0.1) is 0 Å². The quantitative estimate of drug-likeness (QED) is 0.247. The number of aromatic nitrogens is 2. The Morgan fingerprint density at radius 3 is 2.71 bits per heavy atom. The maximum absolute atomic E-state index is 11.4. The number of esters is 1. The molecule has 1 aliphatic carbocycles. The number of ether oxygens (including phenoxy) is 2. The van der Waals surface area contributed by atoms with Gasteiger partial charge in [-0.3, -0.25) is 14.9 Å². The van der Waals surface area contributed by atoms with Crippen LogP contribution in [-0.4, -0.2) is 40.8 Å². The van der Waals surface area contributed by atoms with E-state index in [0.717, 1.165) is 12.8 Å². The highest BCUT2D eigenvalue weighted by Gasteiger charge is 2.45. The number of carbonyl (C=O) groups excluding carboxylic acids is 1. The molecule has 114 valence electrons. The number of hydrogen-bond acceptors (Lipinski definition) is 8. The number of thioether (sulfide) groups is 1. The van der Waals surface area contributed by atoms with Crippen molar-refractivity contribution in [2.24, 2.45) is 5.41 Å². The molecule has 21 heavy (non-hydrogen) atoms. The number of hydrogen-bond donors (Lipinski definition) is 0. The summed E-state index contributed by atoms with van der Waals surface area (Å²) in [4.78, 5) is 29.6. The normalized spacial score (nSPS) is 15.3. The Morgan fingerprint density at radius 1 is 1.48 bits per heavy atom. The monoisotopic (exact) mass is 313 g/mol. The van der Waals surface area contributed by atoms with Gasteiger partial charge in [-0.05, 0) is 18.3 Å². The third-order valence-corrected chi connectivity index (χ3v) is 4.68. The lowest BCUT2D eigenvalue weighted by Crippen LogP contribution is -2.13. The van der Waals surface area contributed by atoms with Crippen LogP contribution in [0.4, 0.5) is 5.69 Å². The van der Waals surface area contributed by atoms with E-state index in [-0.39, 0.29) is 28.0 Å². The van der Waals surface area contributed by atoms with Gasteiger partial charge in [-0.2, -0.15) is 4.98 Å². The fraction of sp³-hybridized carbons (Fsp3) is 0.583. The summed E-state index contributed by atoms with van der Waals surface area (Å²) in [5.74, 6) is 0.251. The summed E-state index contributed by atoms with van der Waals surface area (Å²) in [6.07, 6.45) is 3.37. The van der Waals surface area contributed by atoms with Gasteiger partial charge >= 0.3 is 11.7 Å². The highest BCUT2D eigenvalue weighted by molar-refractivity contribution is 7.99. The van der Waals surface area contributed by atoms with Crippen LogP contribution in [-0.2, 0) is 9.53 Å². The summed E-state index contributed by atoms with van der Waals surface area (Å²) < 4.78 is 9.57. The minimum Gasteiger partial charge on any atom is -0.476 e. The number of carbonyl (C=O) groups is 1. The molecule has 0 radical (unpaired) electrons. The molecule has 8 nitrogen and oxygen atoms in total. The summed E-state index contributed by atoms with van der Waals surface area (Å²) in [5, 5.41) is 11.4. The van der Waals surface area contributed by atoms with E-state index in [1.807, 2.05) is 0 Å². The first kappa shape index (κ1) is 15.5. The molecule has 1 saturated carbocycles. The molecule has 1 aliphatic rings. The Kier molecular flexibility index (Phi) is 4.61. The highest BCUT2D eigenvalue weighted by Crippen LogP contribution is 2.52. The molecular formula is C12H15N3O5S. The van der Waals surface area contributed by atoms with E-state index in [1.54, 1.807) is 0 Å². The molecule has 0 N–H and O–H groups in total. The molecule has 9 heteroatoms. The van der Waals surface area contributed by atoms with Gasteiger partial charge in [0.05, 0.1) is 25.6 Å². The summed E-state index contributed by atoms with van der Waals surface area (Å²) >= 11 is 1.25. The van der Waals surface area contributed by atoms with Crippen molar-refractivity contribution in [2.45, 2.75) is 24.3 Å². The van der Waals surface area contributed by atoms with E-state index in [1.165, 1.54) is 32.3 Å². The van der Waals surface area contributed by atoms with E-state index < -0.39 is 4.92 Å². The SMILES string of the molecule is COC(=O)CC1(CSc2ncnc(OC)c2[N+](=O)[O-])CC1. The molecule has 0 amide bonds. The van der Waals surface area contributed by atoms with Gasteiger partial charge in [0.2, 0.25) is 0 Å². The first-order valence-corrected chi connectivity index (χ1v) is 7.23. The fourth-order valence-electron chi connectivity index (χ4n) is 1.91. The Labute approximate surface area is 125 Å². The van der Waals surface area contributed by atoms with E-state index >= 15 is 0 Å². The van der Waals surface area contributed by atoms with E-state index in [2.05, 4.69) is 14.7 Å². The Balaban J connectivity index is 2.10. The van der Waals surface area contributed by atoms with Gasteiger partial charge in [0.1, 0.15) is 6.33 Å². The minimum absolute atomic E-state index is 0.0599. The summed E-state index contributed by atoms with van der Waals surface area (Å²) in [6, 6.07) is 0. The van der Waals surface area contributed by atoms with Gasteiger partial charge in [0.15, 0.2) is 5.03 Å². The van der Waals surface area contributed by atoms with Crippen molar-refractivity contribution >= 4 is 23.4 Å². The van der Waals surface area contributed by atoms with Gasteiger partial charge < -0.3 is 9.47 Å². The molecule has 1 fully saturated rings. The van der Waals surface area contributed by atoms with Crippen LogP contribution in [0.5, 0.6) is 5.88 Å². The highest BCUT2D eigenvalue weighted by atomic mass is 32.2. The molecular weight excluding hydrogens is 298 g/mol. The summed E-state index contributed by atoms with van der Waals surface area (Å²) in [7, 11) is 2.68. The molecule has 1 aromatic rings. The van der Waals surface area contributed by atoms with Crippen molar-refractivity contribution in [1.82, 2.24) is 9.97 Å². The number of nitrogens with zero attached hydrogens (tertiary/aromatic N) is 3. The zero-order valence-electron chi connectivity index (χ0n) is 11.7. The smallest absolute Gasteiger partial charge is 0.362 e. The van der Waals surface area contributed by atoms with Crippen LogP contribution in [0.25, 0.3) is 0 Å². The molecule has 0 aliphatic heterocycles. The average Bonchev–Trinajstić information content (AvgIpc) is 3.24. The minimum atomic E-state index is -0.555. The Morgan fingerprint density at radius 2 is 2.19 bits per heavy atom. The maximum atomic E-state index is 11.4. The first-order chi connectivity index (χ1) is 10.0. The number of methoxy groups -OCH3 is 2. The number of nitro groups is 1. The number of rotatable bonds is 7. The third-order valence-electron chi connectivity index (χ3n) is 3.35. The maximum Gasteiger partial charge on any atom is 0.362 e. The van der Waals surface area contributed by atoms with Crippen LogP contribution in [0.3, 0.4) is 0 Å². The summed E-state index contributed by atoms with van der Waals surface area (Å²) in [5.41, 5.74) is -0.372. The molecule has 1 heterocycles. The van der Waals surface area contributed by atoms with Crippen molar-refractivity contribution in [3.63, 3.8) is 0 Å². The lowest BCUT2D eigenvalue weighted by molar-refractivity contribution is -0.389. The molecule has 0 saturated heterocycles. The van der Waals surface area contributed by atoms with Crippen molar-refractivity contribution < 1.29 is 19.2 Å². The predicted molar refractivity (Wildman–Crippen MR) is 74.3 cm³/mol. The fourth-order valence-corrected chi connectivity index (χ4v) is 3.16. The van der Waals surface area contributed by atoms with Crippen LogP contribution < -0.4 is 4.74 Å². The zero-order valence-corrected chi connectivity index (χ0v) is 12.5. The zero-order chi connectivity index (χ0) is 15.5. The lowest BCUT2D eigenvalue weighted by atomic mass is 10.1. The predicted octanol–water partition coefficient (Wildman–Crippen LogP) is 1.83. The van der Waals surface area contributed by atoms with E-state index in [9.17, 15) is 14.9 Å². The molecule has 0 spiro atoms. The Bertz CT molecular complexity index is 562. The van der Waals surface area contributed by atoms with Crippen LogP contribution in [0.1, 0.15) is 19.3 Å².